The highest BCUT2D eigenvalue weighted by atomic mass is 79.9. The third-order valence-corrected chi connectivity index (χ3v) is 5.61. The second-order valence-electron chi connectivity index (χ2n) is 7.64. The molecule has 2 atom stereocenters. The number of aromatic nitrogens is 2. The Hall–Kier alpha value is -2.04. The average molecular weight is 507 g/mol. The maximum absolute atomic E-state index is 12.1. The Labute approximate surface area is 199 Å². The van der Waals surface area contributed by atoms with Crippen LogP contribution >= 0.6 is 27.7 Å². The number of nitriles is 1. The monoisotopic (exact) mass is 505 g/mol. The number of thiocyanates is 1. The van der Waals surface area contributed by atoms with Crippen LogP contribution in [0.5, 0.6) is 0 Å². The lowest BCUT2D eigenvalue weighted by molar-refractivity contribution is 0.0975. The van der Waals surface area contributed by atoms with Gasteiger partial charge in [-0.05, 0) is 60.7 Å². The molecule has 0 aromatic carbocycles. The largest absolute Gasteiger partial charge is 0.293 e. The van der Waals surface area contributed by atoms with Crippen molar-refractivity contribution in [1.29, 1.82) is 5.26 Å². The van der Waals surface area contributed by atoms with E-state index in [1.807, 2.05) is 19.2 Å². The minimum atomic E-state index is -0.283. The summed E-state index contributed by atoms with van der Waals surface area (Å²) in [6.07, 6.45) is 8.03. The number of carbonyl (C=O) groups excluding carboxylic acids is 2. The van der Waals surface area contributed by atoms with Gasteiger partial charge < -0.3 is 0 Å². The van der Waals surface area contributed by atoms with E-state index >= 15 is 0 Å². The number of Topliss-reactive ketones (excluding diaryl/α,β-unsaturated/α-hetero) is 2. The number of rotatable bonds is 9. The fourth-order valence-electron chi connectivity index (χ4n) is 2.61. The van der Waals surface area contributed by atoms with Crippen LogP contribution in [0.3, 0.4) is 0 Å². The molecule has 0 aliphatic rings. The zero-order valence-corrected chi connectivity index (χ0v) is 20.2. The Balaban J connectivity index is 0.000000567. The highest BCUT2D eigenvalue weighted by Crippen LogP contribution is 2.22. The molecule has 31 heavy (non-hydrogen) atoms. The number of halogens is 1. The minimum Gasteiger partial charge on any atom is -0.293 e. The van der Waals surface area contributed by atoms with E-state index in [0.29, 0.717) is 29.4 Å². The molecule has 0 amide bonds. The van der Waals surface area contributed by atoms with Crippen LogP contribution in [0.2, 0.25) is 0 Å². The molecule has 2 unspecified atom stereocenters. The van der Waals surface area contributed by atoms with Gasteiger partial charge in [0.25, 0.3) is 0 Å². The van der Waals surface area contributed by atoms with Crippen molar-refractivity contribution in [3.05, 3.63) is 60.2 Å². The van der Waals surface area contributed by atoms with Gasteiger partial charge in [0, 0.05) is 35.9 Å². The normalized spacial score (nSPS) is 12.1. The van der Waals surface area contributed by atoms with Gasteiger partial charge in [-0.15, -0.1) is 0 Å². The van der Waals surface area contributed by atoms with Crippen molar-refractivity contribution in [3.8, 4) is 5.40 Å². The maximum atomic E-state index is 12.1. The van der Waals surface area contributed by atoms with Gasteiger partial charge in [-0.25, -0.2) is 0 Å². The van der Waals surface area contributed by atoms with Gasteiger partial charge >= 0.3 is 0 Å². The topological polar surface area (TPSA) is 83.7 Å². The maximum Gasteiger partial charge on any atom is 0.178 e. The Morgan fingerprint density at radius 2 is 1.45 bits per heavy atom. The van der Waals surface area contributed by atoms with Crippen LogP contribution in [0.4, 0.5) is 0 Å². The number of nitrogens with zero attached hydrogens (tertiary/aromatic N) is 3. The first kappa shape index (κ1) is 29.0. The van der Waals surface area contributed by atoms with E-state index in [1.165, 1.54) is 0 Å². The summed E-state index contributed by atoms with van der Waals surface area (Å²) in [5.41, 5.74) is 1.26. The molecular weight excluding hydrogens is 474 g/mol. The minimum absolute atomic E-state index is 0. The Bertz CT molecular complexity index is 824. The first-order valence-corrected chi connectivity index (χ1v) is 11.6. The Morgan fingerprint density at radius 3 is 1.84 bits per heavy atom. The molecule has 2 aromatic rings. The highest BCUT2D eigenvalue weighted by Gasteiger charge is 2.22. The summed E-state index contributed by atoms with van der Waals surface area (Å²) in [6.45, 7) is 8.29. The van der Waals surface area contributed by atoms with E-state index < -0.39 is 0 Å². The number of hydrogen-bond acceptors (Lipinski definition) is 6. The van der Waals surface area contributed by atoms with Crippen LogP contribution < -0.4 is 0 Å². The molecule has 2 aromatic heterocycles. The molecule has 0 radical (unpaired) electrons. The van der Waals surface area contributed by atoms with E-state index in [1.54, 1.807) is 49.1 Å². The third-order valence-electron chi connectivity index (χ3n) is 4.03. The van der Waals surface area contributed by atoms with E-state index in [9.17, 15) is 9.59 Å². The SMILES string of the molecule is C.CC(C)CC(Br)C(=O)c1cccnc1.CC(C)CC(SC#N)C(=O)c1cccnc1. The molecule has 0 fully saturated rings. The predicted octanol–water partition coefficient (Wildman–Crippen LogP) is 6.60. The number of ketones is 2. The van der Waals surface area contributed by atoms with E-state index in [-0.39, 0.29) is 29.1 Å². The summed E-state index contributed by atoms with van der Waals surface area (Å²) in [5.74, 6) is 1.02. The molecule has 0 spiro atoms. The van der Waals surface area contributed by atoms with Gasteiger partial charge in [0.2, 0.25) is 0 Å². The highest BCUT2D eigenvalue weighted by molar-refractivity contribution is 9.10. The molecular formula is C24H32BrN3O2S. The molecule has 0 aliphatic heterocycles. The fraction of sp³-hybridized carbons (Fsp3) is 0.458. The van der Waals surface area contributed by atoms with Gasteiger partial charge in [-0.1, -0.05) is 51.1 Å². The fourth-order valence-corrected chi connectivity index (χ4v) is 4.47. The zero-order valence-electron chi connectivity index (χ0n) is 17.8. The predicted molar refractivity (Wildman–Crippen MR) is 132 cm³/mol. The molecule has 0 saturated heterocycles. The molecule has 5 nitrogen and oxygen atoms in total. The van der Waals surface area contributed by atoms with Crippen LogP contribution in [0, 0.1) is 22.5 Å². The summed E-state index contributed by atoms with van der Waals surface area (Å²) in [7, 11) is 0. The smallest absolute Gasteiger partial charge is 0.178 e. The molecule has 0 aliphatic carbocycles. The second-order valence-corrected chi connectivity index (χ2v) is 9.73. The molecule has 2 rings (SSSR count). The average Bonchev–Trinajstić information content (AvgIpc) is 2.73. The van der Waals surface area contributed by atoms with E-state index in [0.717, 1.165) is 18.2 Å². The number of carbonyl (C=O) groups is 2. The zero-order chi connectivity index (χ0) is 22.5. The molecule has 2 heterocycles. The van der Waals surface area contributed by atoms with Crippen molar-refractivity contribution in [2.24, 2.45) is 11.8 Å². The summed E-state index contributed by atoms with van der Waals surface area (Å²) in [6, 6.07) is 7.05. The van der Waals surface area contributed by atoms with Gasteiger partial charge in [0.1, 0.15) is 5.40 Å². The van der Waals surface area contributed by atoms with Gasteiger partial charge in [0.05, 0.1) is 10.1 Å². The standard InChI is InChI=1S/C12H14N2OS.C11H14BrNO.CH4/c1-9(2)6-11(16-8-13)12(15)10-4-3-5-14-7-10;1-8(2)6-10(12)11(14)9-4-3-5-13-7-9;/h3-5,7,9,11H,6H2,1-2H3;3-5,7-8,10H,6H2,1-2H3;1H4. The summed E-state index contributed by atoms with van der Waals surface area (Å²) in [5, 5.41) is 10.4. The summed E-state index contributed by atoms with van der Waals surface area (Å²) in [4.78, 5) is 31.6. The molecule has 7 heteroatoms. The quantitative estimate of drug-likeness (QED) is 0.216. The van der Waals surface area contributed by atoms with Gasteiger partial charge in [-0.3, -0.25) is 19.6 Å². The van der Waals surface area contributed by atoms with Crippen LogP contribution in [0.25, 0.3) is 0 Å². The Morgan fingerprint density at radius 1 is 0.968 bits per heavy atom. The van der Waals surface area contributed by atoms with E-state index in [2.05, 4.69) is 39.7 Å². The van der Waals surface area contributed by atoms with Crippen LogP contribution in [0.15, 0.2) is 49.1 Å². The molecule has 168 valence electrons. The summed E-state index contributed by atoms with van der Waals surface area (Å²) >= 11 is 4.44. The van der Waals surface area contributed by atoms with Crippen molar-refractivity contribution in [3.63, 3.8) is 0 Å². The van der Waals surface area contributed by atoms with Crippen molar-refractivity contribution < 1.29 is 9.59 Å². The molecule has 0 bridgehead atoms. The number of pyridine rings is 2. The van der Waals surface area contributed by atoms with Crippen molar-refractivity contribution >= 4 is 39.3 Å². The first-order chi connectivity index (χ1) is 14.3. The van der Waals surface area contributed by atoms with Crippen LogP contribution in [0.1, 0.15) is 68.7 Å². The van der Waals surface area contributed by atoms with Crippen molar-refractivity contribution in [2.45, 2.75) is 58.0 Å². The van der Waals surface area contributed by atoms with Crippen LogP contribution in [-0.2, 0) is 0 Å². The number of alkyl halides is 1. The van der Waals surface area contributed by atoms with Crippen LogP contribution in [-0.4, -0.2) is 31.6 Å². The first-order valence-electron chi connectivity index (χ1n) is 9.83. The van der Waals surface area contributed by atoms with Crippen molar-refractivity contribution in [1.82, 2.24) is 9.97 Å². The number of hydrogen-bond donors (Lipinski definition) is 0. The second kappa shape index (κ2) is 15.7. The summed E-state index contributed by atoms with van der Waals surface area (Å²) < 4.78 is 0. The lowest BCUT2D eigenvalue weighted by atomic mass is 10.0. The van der Waals surface area contributed by atoms with E-state index in [4.69, 9.17) is 5.26 Å². The molecule has 0 saturated carbocycles. The van der Waals surface area contributed by atoms with Gasteiger partial charge in [-0.2, -0.15) is 5.26 Å². The van der Waals surface area contributed by atoms with Gasteiger partial charge in [0.15, 0.2) is 11.6 Å². The third kappa shape index (κ3) is 11.2. The van der Waals surface area contributed by atoms with Crippen molar-refractivity contribution in [2.75, 3.05) is 0 Å². The lowest BCUT2D eigenvalue weighted by Gasteiger charge is -2.13. The lowest BCUT2D eigenvalue weighted by Crippen LogP contribution is -2.19. The number of thioether (sulfide) groups is 1. The molecule has 0 N–H and O–H groups in total. The Kier molecular flexibility index (Phi) is 14.7.